The first-order valence-corrected chi connectivity index (χ1v) is 8.53. The molecule has 0 aliphatic rings. The van der Waals surface area contributed by atoms with Gasteiger partial charge in [0.15, 0.2) is 0 Å². The van der Waals surface area contributed by atoms with E-state index in [4.69, 9.17) is 0 Å². The monoisotopic (exact) mass is 325 g/mol. The average molecular weight is 325 g/mol. The van der Waals surface area contributed by atoms with Crippen LogP contribution in [0.4, 0.5) is 10.5 Å². The topological polar surface area (TPSA) is 104 Å². The van der Waals surface area contributed by atoms with Crippen LogP contribution in [0.2, 0.25) is 0 Å². The highest BCUT2D eigenvalue weighted by Gasteiger charge is 2.11. The summed E-state index contributed by atoms with van der Waals surface area (Å²) in [5.41, 5.74) is 0.521. The lowest BCUT2D eigenvalue weighted by Gasteiger charge is -2.08. The molecule has 3 amide bonds. The maximum Gasteiger partial charge on any atom is 0.319 e. The van der Waals surface area contributed by atoms with Gasteiger partial charge in [-0.15, -0.1) is 0 Å². The zero-order valence-corrected chi connectivity index (χ0v) is 13.2. The maximum atomic E-state index is 11.7. The van der Waals surface area contributed by atoms with Gasteiger partial charge in [-0.05, 0) is 24.6 Å². The number of sulfonamides is 1. The molecule has 0 saturated carbocycles. The third kappa shape index (κ3) is 6.89. The van der Waals surface area contributed by atoms with E-state index in [1.807, 2.05) is 23.8 Å². The molecule has 0 spiro atoms. The van der Waals surface area contributed by atoms with Gasteiger partial charge in [0, 0.05) is 17.8 Å². The van der Waals surface area contributed by atoms with E-state index in [-0.39, 0.29) is 5.56 Å². The lowest BCUT2D eigenvalue weighted by molar-refractivity contribution is 0.0981. The first kappa shape index (κ1) is 17.7. The van der Waals surface area contributed by atoms with Gasteiger partial charge in [-0.25, -0.2) is 17.9 Å². The Balaban J connectivity index is 2.66. The van der Waals surface area contributed by atoms with E-state index in [9.17, 15) is 18.0 Å². The molecule has 1 aromatic carbocycles. The van der Waals surface area contributed by atoms with E-state index in [2.05, 4.69) is 10.6 Å². The molecule has 0 fully saturated rings. The molecule has 0 unspecified atom stereocenters. The molecule has 0 aliphatic carbocycles. The number of anilines is 1. The minimum absolute atomic E-state index is 0.133. The van der Waals surface area contributed by atoms with E-state index in [0.717, 1.165) is 12.7 Å². The van der Waals surface area contributed by atoms with Gasteiger partial charge in [0.2, 0.25) is 10.0 Å². The van der Waals surface area contributed by atoms with Crippen molar-refractivity contribution in [1.29, 1.82) is 0 Å². The number of amides is 3. The second-order valence-corrected chi connectivity index (χ2v) is 6.25. The average Bonchev–Trinajstić information content (AvgIpc) is 2.42. The van der Waals surface area contributed by atoms with Crippen molar-refractivity contribution in [2.45, 2.75) is 13.3 Å². The van der Waals surface area contributed by atoms with Crippen molar-refractivity contribution in [2.24, 2.45) is 0 Å². The number of carbonyl (C=O) groups excluding carboxylic acids is 2. The number of carbonyl (C=O) groups is 2. The highest BCUT2D eigenvalue weighted by molar-refractivity contribution is 7.89. The van der Waals surface area contributed by atoms with Crippen LogP contribution in [0.1, 0.15) is 23.7 Å². The lowest BCUT2D eigenvalue weighted by atomic mass is 10.2. The number of nitrogens with one attached hydrogen (secondary N) is 3. The lowest BCUT2D eigenvalue weighted by Crippen LogP contribution is -2.30. The predicted molar refractivity (Wildman–Crippen MR) is 85.2 cm³/mol. The van der Waals surface area contributed by atoms with Crippen LogP contribution in [0, 0.1) is 0 Å². The van der Waals surface area contributed by atoms with Crippen LogP contribution in [-0.2, 0) is 10.0 Å². The second kappa shape index (κ2) is 8.18. The summed E-state index contributed by atoms with van der Waals surface area (Å²) in [7, 11) is -3.63. The van der Waals surface area contributed by atoms with E-state index in [1.165, 1.54) is 12.1 Å². The maximum absolute atomic E-state index is 11.7. The van der Waals surface area contributed by atoms with Crippen molar-refractivity contribution in [2.75, 3.05) is 18.1 Å². The van der Waals surface area contributed by atoms with Gasteiger partial charge >= 0.3 is 6.03 Å². The molecule has 8 heteroatoms. The Kier molecular flexibility index (Phi) is 6.58. The highest BCUT2D eigenvalue weighted by atomic mass is 32.2. The van der Waals surface area contributed by atoms with Crippen molar-refractivity contribution in [3.05, 3.63) is 42.0 Å². The Morgan fingerprint density at radius 3 is 2.59 bits per heavy atom. The predicted octanol–water partition coefficient (Wildman–Crippen LogP) is 1.46. The van der Waals surface area contributed by atoms with Crippen molar-refractivity contribution < 1.29 is 18.0 Å². The molecule has 0 bridgehead atoms. The first-order chi connectivity index (χ1) is 10.3. The summed E-state index contributed by atoms with van der Waals surface area (Å²) < 4.78 is 23.9. The number of hydrogen-bond donors (Lipinski definition) is 3. The molecule has 120 valence electrons. The molecule has 22 heavy (non-hydrogen) atoms. The van der Waals surface area contributed by atoms with E-state index < -0.39 is 22.0 Å². The Morgan fingerprint density at radius 2 is 1.95 bits per heavy atom. The fourth-order valence-corrected chi connectivity index (χ4v) is 2.00. The fraction of sp³-hybridized carbons (Fsp3) is 0.286. The molecule has 0 radical (unpaired) electrons. The smallest absolute Gasteiger partial charge is 0.319 e. The number of urea groups is 1. The van der Waals surface area contributed by atoms with Crippen molar-refractivity contribution in [3.8, 4) is 0 Å². The molecule has 0 aliphatic heterocycles. The molecule has 1 aromatic rings. The van der Waals surface area contributed by atoms with Crippen LogP contribution in [-0.4, -0.2) is 33.2 Å². The second-order valence-electron chi connectivity index (χ2n) is 4.50. The van der Waals surface area contributed by atoms with Crippen LogP contribution in [0.5, 0.6) is 0 Å². The summed E-state index contributed by atoms with van der Waals surface area (Å²) in [6.07, 6.45) is 5.54. The molecule has 0 saturated heterocycles. The Labute approximate surface area is 129 Å². The van der Waals surface area contributed by atoms with Crippen molar-refractivity contribution in [3.63, 3.8) is 0 Å². The highest BCUT2D eigenvalue weighted by Crippen LogP contribution is 2.10. The van der Waals surface area contributed by atoms with E-state index in [0.29, 0.717) is 12.2 Å². The Hall–Kier alpha value is -2.35. The van der Waals surface area contributed by atoms with Gasteiger partial charge in [-0.1, -0.05) is 25.1 Å². The minimum atomic E-state index is -3.63. The summed E-state index contributed by atoms with van der Waals surface area (Å²) in [5, 5.41) is 5.18. The summed E-state index contributed by atoms with van der Waals surface area (Å²) >= 11 is 0. The third-order valence-corrected chi connectivity index (χ3v) is 3.00. The van der Waals surface area contributed by atoms with E-state index >= 15 is 0 Å². The minimum Gasteiger partial charge on any atom is -0.334 e. The van der Waals surface area contributed by atoms with Crippen molar-refractivity contribution in [1.82, 2.24) is 10.0 Å². The van der Waals surface area contributed by atoms with Crippen LogP contribution in [0.25, 0.3) is 0 Å². The van der Waals surface area contributed by atoms with Crippen LogP contribution in [0.15, 0.2) is 36.4 Å². The standard InChI is InChI=1S/C14H19N3O4S/c1-3-4-5-9-15-14(19)16-12-8-6-7-11(10-12)13(18)17-22(2,20)21/h4-8,10H,3,9H2,1-2H3,(H,17,18)(H2,15,16,19)/b5-4+. The largest absolute Gasteiger partial charge is 0.334 e. The number of hydrogen-bond acceptors (Lipinski definition) is 4. The van der Waals surface area contributed by atoms with Crippen LogP contribution < -0.4 is 15.4 Å². The number of benzene rings is 1. The molecule has 7 nitrogen and oxygen atoms in total. The van der Waals surface area contributed by atoms with Gasteiger partial charge in [-0.3, -0.25) is 4.79 Å². The summed E-state index contributed by atoms with van der Waals surface area (Å²) in [4.78, 5) is 23.3. The summed E-state index contributed by atoms with van der Waals surface area (Å²) in [6, 6.07) is 5.57. The van der Waals surface area contributed by atoms with Crippen LogP contribution in [0.3, 0.4) is 0 Å². The summed E-state index contributed by atoms with van der Waals surface area (Å²) in [6.45, 7) is 2.39. The molecule has 0 atom stereocenters. The van der Waals surface area contributed by atoms with Gasteiger partial charge in [0.1, 0.15) is 0 Å². The van der Waals surface area contributed by atoms with Gasteiger partial charge < -0.3 is 10.6 Å². The van der Waals surface area contributed by atoms with Gasteiger partial charge in [-0.2, -0.15) is 0 Å². The molecular weight excluding hydrogens is 306 g/mol. The zero-order chi connectivity index (χ0) is 16.6. The van der Waals surface area contributed by atoms with Crippen LogP contribution >= 0.6 is 0 Å². The third-order valence-electron chi connectivity index (χ3n) is 2.44. The quantitative estimate of drug-likeness (QED) is 0.689. The van der Waals surface area contributed by atoms with Gasteiger partial charge in [0.05, 0.1) is 6.26 Å². The molecule has 0 aromatic heterocycles. The van der Waals surface area contributed by atoms with Gasteiger partial charge in [0.25, 0.3) is 5.91 Å². The Bertz CT molecular complexity index is 668. The fourth-order valence-electron chi connectivity index (χ4n) is 1.54. The first-order valence-electron chi connectivity index (χ1n) is 6.64. The number of allylic oxidation sites excluding steroid dienone is 1. The molecule has 3 N–H and O–H groups in total. The summed E-state index contributed by atoms with van der Waals surface area (Å²) in [5.74, 6) is -0.752. The molecule has 0 heterocycles. The van der Waals surface area contributed by atoms with Crippen molar-refractivity contribution >= 4 is 27.6 Å². The molecule has 1 rings (SSSR count). The Morgan fingerprint density at radius 1 is 1.23 bits per heavy atom. The SMILES string of the molecule is CC/C=C/CNC(=O)Nc1cccc(C(=O)NS(C)(=O)=O)c1. The van der Waals surface area contributed by atoms with E-state index in [1.54, 1.807) is 12.1 Å². The zero-order valence-electron chi connectivity index (χ0n) is 12.4. The molecular formula is C14H19N3O4S. The normalized spacial score (nSPS) is 11.2. The number of rotatable bonds is 6.